The number of pyridine rings is 1. The van der Waals surface area contributed by atoms with Crippen molar-refractivity contribution in [2.24, 2.45) is 0 Å². The van der Waals surface area contributed by atoms with Crippen molar-refractivity contribution in [2.75, 3.05) is 24.7 Å². The fourth-order valence-corrected chi connectivity index (χ4v) is 4.50. The first kappa shape index (κ1) is 20.5. The average molecular weight is 516 g/mol. The number of amides is 1. The molecule has 6 rings (SSSR count). The summed E-state index contributed by atoms with van der Waals surface area (Å²) in [5, 5.41) is 21.3. The minimum absolute atomic E-state index is 0.208. The van der Waals surface area contributed by atoms with Gasteiger partial charge in [0, 0.05) is 28.9 Å². The first-order chi connectivity index (χ1) is 19.6. The number of hydrogen-bond donors (Lipinski definition) is 3. The van der Waals surface area contributed by atoms with Crippen LogP contribution in [0.2, 0.25) is 0 Å². The molecule has 2 aliphatic rings. The number of hydrogen-bond acceptors (Lipinski definition) is 9. The summed E-state index contributed by atoms with van der Waals surface area (Å²) in [5.74, 6) is 0.382. The van der Waals surface area contributed by atoms with Crippen LogP contribution in [0.1, 0.15) is 50.3 Å². The maximum atomic E-state index is 13.0. The Morgan fingerprint density at radius 1 is 1.13 bits per heavy atom. The van der Waals surface area contributed by atoms with Gasteiger partial charge in [-0.15, -0.1) is 10.2 Å². The van der Waals surface area contributed by atoms with Gasteiger partial charge in [-0.2, -0.15) is 5.10 Å². The van der Waals surface area contributed by atoms with Crippen molar-refractivity contribution < 1.29 is 18.4 Å². The number of nitrogens with zero attached hydrogens (tertiary/aromatic N) is 5. The molecular formula is C27H28N8O3. The van der Waals surface area contributed by atoms with Gasteiger partial charge in [0.1, 0.15) is 5.82 Å². The molecule has 11 nitrogen and oxygen atoms in total. The number of anilines is 4. The molecule has 1 aliphatic carbocycles. The second kappa shape index (κ2) is 9.75. The molecule has 3 N–H and O–H groups in total. The van der Waals surface area contributed by atoms with Crippen LogP contribution in [-0.4, -0.2) is 45.0 Å². The maximum Gasteiger partial charge on any atom is 0.273 e. The summed E-state index contributed by atoms with van der Waals surface area (Å²) < 4.78 is 36.3. The van der Waals surface area contributed by atoms with Gasteiger partial charge < -0.3 is 25.4 Å². The normalized spacial score (nSPS) is 16.1. The molecule has 0 atom stereocenters. The number of aryl methyl sites for hydroxylation is 1. The summed E-state index contributed by atoms with van der Waals surface area (Å²) in [6, 6.07) is 11.5. The molecule has 1 aliphatic heterocycles. The predicted octanol–water partition coefficient (Wildman–Crippen LogP) is 4.26. The van der Waals surface area contributed by atoms with Crippen molar-refractivity contribution >= 4 is 28.9 Å². The van der Waals surface area contributed by atoms with Gasteiger partial charge in [-0.3, -0.25) is 9.48 Å². The lowest BCUT2D eigenvalue weighted by atomic mass is 10.0. The highest BCUT2D eigenvalue weighted by molar-refractivity contribution is 5.99. The van der Waals surface area contributed by atoms with E-state index in [1.807, 2.05) is 53.5 Å². The van der Waals surface area contributed by atoms with E-state index in [2.05, 4.69) is 25.8 Å². The molecule has 1 saturated carbocycles. The van der Waals surface area contributed by atoms with Crippen molar-refractivity contribution in [1.29, 1.82) is 0 Å². The molecule has 11 heteroatoms. The van der Waals surface area contributed by atoms with Gasteiger partial charge in [0.05, 0.1) is 49.1 Å². The Balaban J connectivity index is 1.49. The van der Waals surface area contributed by atoms with E-state index in [0.29, 0.717) is 29.1 Å². The highest BCUT2D eigenvalue weighted by atomic mass is 16.5. The molecule has 6 bridgehead atoms. The van der Waals surface area contributed by atoms with Crippen LogP contribution in [0.4, 0.5) is 23.0 Å². The lowest BCUT2D eigenvalue weighted by molar-refractivity contribution is 0.0958. The molecule has 0 saturated heterocycles. The number of nitrogens with one attached hydrogen (secondary N) is 3. The Hall–Kier alpha value is -4.51. The number of fused-ring (bicyclic) bond motifs is 6. The van der Waals surface area contributed by atoms with Crippen molar-refractivity contribution in [3.05, 3.63) is 65.1 Å². The van der Waals surface area contributed by atoms with Gasteiger partial charge in [-0.1, -0.05) is 0 Å². The van der Waals surface area contributed by atoms with Crippen LogP contribution >= 0.6 is 0 Å². The molecule has 1 fully saturated rings. The number of ether oxygens (including phenoxy) is 2. The smallest absolute Gasteiger partial charge is 0.273 e. The van der Waals surface area contributed by atoms with E-state index in [9.17, 15) is 4.79 Å². The quantitative estimate of drug-likeness (QED) is 0.365. The molecule has 0 spiro atoms. The van der Waals surface area contributed by atoms with Crippen LogP contribution in [0.25, 0.3) is 11.3 Å². The number of methoxy groups -OCH3 is 1. The minimum atomic E-state index is -2.71. The predicted molar refractivity (Wildman–Crippen MR) is 142 cm³/mol. The van der Waals surface area contributed by atoms with Crippen molar-refractivity contribution in [3.8, 4) is 17.0 Å². The number of carbonyl (C=O) groups is 1. The number of aromatic nitrogens is 5. The zero-order valence-electron chi connectivity index (χ0n) is 23.9. The van der Waals surface area contributed by atoms with Crippen molar-refractivity contribution in [1.82, 2.24) is 30.3 Å². The lowest BCUT2D eigenvalue weighted by Crippen LogP contribution is -2.21. The summed E-state index contributed by atoms with van der Waals surface area (Å²) in [6.45, 7) is -0.223. The van der Waals surface area contributed by atoms with E-state index < -0.39 is 12.9 Å². The van der Waals surface area contributed by atoms with E-state index in [4.69, 9.17) is 18.7 Å². The molecular weight excluding hydrogens is 484 g/mol. The fourth-order valence-electron chi connectivity index (χ4n) is 4.50. The summed E-state index contributed by atoms with van der Waals surface area (Å²) >= 11 is 0. The monoisotopic (exact) mass is 515 g/mol. The Morgan fingerprint density at radius 3 is 2.84 bits per heavy atom. The summed E-state index contributed by atoms with van der Waals surface area (Å²) in [6.07, 6.45) is 4.15. The largest absolute Gasteiger partial charge is 0.494 e. The zero-order chi connectivity index (χ0) is 28.7. The van der Waals surface area contributed by atoms with E-state index in [1.165, 1.54) is 0 Å². The van der Waals surface area contributed by atoms with Gasteiger partial charge in [-0.05, 0) is 61.2 Å². The Kier molecular flexibility index (Phi) is 5.27. The number of benzene rings is 1. The topological polar surface area (TPSA) is 128 Å². The van der Waals surface area contributed by atoms with Crippen LogP contribution in [0, 0.1) is 6.92 Å². The van der Waals surface area contributed by atoms with Crippen LogP contribution in [0.3, 0.4) is 0 Å². The van der Waals surface area contributed by atoms with Crippen molar-refractivity contribution in [2.45, 2.75) is 39.0 Å². The van der Waals surface area contributed by atoms with Gasteiger partial charge in [0.15, 0.2) is 17.3 Å². The zero-order valence-corrected chi connectivity index (χ0v) is 20.9. The van der Waals surface area contributed by atoms with E-state index in [-0.39, 0.29) is 24.6 Å². The molecule has 194 valence electrons. The highest BCUT2D eigenvalue weighted by Gasteiger charge is 2.26. The van der Waals surface area contributed by atoms with Crippen LogP contribution in [0.15, 0.2) is 42.6 Å². The first-order valence-corrected chi connectivity index (χ1v) is 12.2. The van der Waals surface area contributed by atoms with Gasteiger partial charge in [0.25, 0.3) is 5.91 Å². The maximum absolute atomic E-state index is 13.0. The third kappa shape index (κ3) is 4.75. The Bertz CT molecular complexity index is 1630. The van der Waals surface area contributed by atoms with Gasteiger partial charge in [0.2, 0.25) is 0 Å². The Morgan fingerprint density at radius 2 is 2.03 bits per heavy atom. The average Bonchev–Trinajstić information content (AvgIpc) is 3.63. The fraction of sp³-hybridized carbons (Fsp3) is 0.296. The first-order valence-electron chi connectivity index (χ1n) is 13.7. The van der Waals surface area contributed by atoms with Crippen LogP contribution < -0.4 is 20.7 Å². The van der Waals surface area contributed by atoms with E-state index >= 15 is 0 Å². The molecule has 0 unspecified atom stereocenters. The second-order valence-corrected chi connectivity index (χ2v) is 9.35. The summed E-state index contributed by atoms with van der Waals surface area (Å²) in [7, 11) is 1.55. The molecule has 1 aromatic carbocycles. The molecule has 4 heterocycles. The molecule has 1 amide bonds. The Labute approximate surface area is 223 Å². The van der Waals surface area contributed by atoms with Gasteiger partial charge in [-0.25, -0.2) is 4.98 Å². The molecule has 0 radical (unpaired) electrons. The summed E-state index contributed by atoms with van der Waals surface area (Å²) in [5.41, 5.74) is 4.47. The molecule has 4 aromatic rings. The lowest BCUT2D eigenvalue weighted by Gasteiger charge is -2.19. The van der Waals surface area contributed by atoms with Gasteiger partial charge >= 0.3 is 0 Å². The number of rotatable bonds is 4. The molecule has 3 aromatic heterocycles. The van der Waals surface area contributed by atoms with Crippen LogP contribution in [-0.2, 0) is 18.0 Å². The SMILES string of the molecule is [2H]C([2H])([2H])NC(=O)c1nnc2cc1Nc1cc(cc(-c3ccn(C4CC4)n3)c1OC)COCc1cc(C)cc(n1)N2. The van der Waals surface area contributed by atoms with E-state index in [0.717, 1.165) is 40.9 Å². The third-order valence-electron chi connectivity index (χ3n) is 6.35. The van der Waals surface area contributed by atoms with Crippen molar-refractivity contribution in [3.63, 3.8) is 0 Å². The standard InChI is InChI=1S/C27H28N8O3/c1-15-8-17-14-38-13-16-10-19(20-6-7-35(34-20)18-4-5-18)26(37-3)22(11-16)30-21-12-24(31-23(9-15)29-17)32-33-25(21)27(36)28-2/h6-12,18,30H,4-5,13-14H2,1-3H3,(H,28,36)(H,29,31,32)/i2D3. The third-order valence-corrected chi connectivity index (χ3v) is 6.35. The summed E-state index contributed by atoms with van der Waals surface area (Å²) in [4.78, 5) is 17.6. The highest BCUT2D eigenvalue weighted by Crippen LogP contribution is 2.41. The molecule has 38 heavy (non-hydrogen) atoms. The second-order valence-electron chi connectivity index (χ2n) is 9.35. The minimum Gasteiger partial charge on any atom is -0.494 e. The van der Waals surface area contributed by atoms with Crippen LogP contribution in [0.5, 0.6) is 5.75 Å². The number of carbonyl (C=O) groups excluding carboxylic acids is 1. The van der Waals surface area contributed by atoms with E-state index in [1.54, 1.807) is 13.2 Å².